The maximum atomic E-state index is 9.64. The van der Waals surface area contributed by atoms with Gasteiger partial charge in [0.1, 0.15) is 17.7 Å². The van der Waals surface area contributed by atoms with E-state index in [2.05, 4.69) is 25.5 Å². The summed E-state index contributed by atoms with van der Waals surface area (Å²) in [6.45, 7) is 6.52. The molecule has 3 aromatic heterocycles. The lowest BCUT2D eigenvalue weighted by Crippen LogP contribution is -2.36. The van der Waals surface area contributed by atoms with E-state index in [0.717, 1.165) is 55.4 Å². The third-order valence-electron chi connectivity index (χ3n) is 5.37. The van der Waals surface area contributed by atoms with Crippen molar-refractivity contribution in [1.29, 1.82) is 5.26 Å². The molecule has 0 spiro atoms. The quantitative estimate of drug-likeness (QED) is 0.700. The number of hydrogen-bond donors (Lipinski definition) is 0. The summed E-state index contributed by atoms with van der Waals surface area (Å²) in [5, 5.41) is 9.64. The van der Waals surface area contributed by atoms with Crippen molar-refractivity contribution in [3.63, 3.8) is 0 Å². The monoisotopic (exact) mass is 372 g/mol. The molecule has 0 bridgehead atoms. The third kappa shape index (κ3) is 3.61. The number of aryl methyl sites for hydroxylation is 2. The number of rotatable bonds is 4. The minimum atomic E-state index is 0.319. The lowest BCUT2D eigenvalue weighted by Gasteiger charge is -2.34. The fraction of sp³-hybridized carbons (Fsp3) is 0.364. The first kappa shape index (κ1) is 18.2. The summed E-state index contributed by atoms with van der Waals surface area (Å²) in [5.41, 5.74) is 3.84. The van der Waals surface area contributed by atoms with Crippen LogP contribution in [0.1, 0.15) is 47.0 Å². The average Bonchev–Trinajstić information content (AvgIpc) is 3.16. The lowest BCUT2D eigenvalue weighted by atomic mass is 9.96. The van der Waals surface area contributed by atoms with Gasteiger partial charge in [-0.15, -0.1) is 0 Å². The highest BCUT2D eigenvalue weighted by atomic mass is 15.2. The third-order valence-corrected chi connectivity index (χ3v) is 5.37. The maximum absolute atomic E-state index is 9.64. The smallest absolute Gasteiger partial charge is 0.147 e. The summed E-state index contributed by atoms with van der Waals surface area (Å²) in [7, 11) is 0. The van der Waals surface area contributed by atoms with Crippen LogP contribution in [-0.4, -0.2) is 32.6 Å². The average molecular weight is 372 g/mol. The van der Waals surface area contributed by atoms with Crippen LogP contribution in [0.2, 0.25) is 0 Å². The van der Waals surface area contributed by atoms with Crippen molar-refractivity contribution in [3.05, 3.63) is 71.2 Å². The van der Waals surface area contributed by atoms with E-state index in [9.17, 15) is 5.26 Å². The van der Waals surface area contributed by atoms with E-state index in [4.69, 9.17) is 4.98 Å². The van der Waals surface area contributed by atoms with Crippen molar-refractivity contribution in [3.8, 4) is 6.07 Å². The molecular formula is C22H24N6. The Balaban J connectivity index is 1.59. The zero-order valence-electron chi connectivity index (χ0n) is 16.3. The van der Waals surface area contributed by atoms with E-state index >= 15 is 0 Å². The Bertz CT molecular complexity index is 1000. The molecule has 0 unspecified atom stereocenters. The Morgan fingerprint density at radius 3 is 2.82 bits per heavy atom. The van der Waals surface area contributed by atoms with Gasteiger partial charge in [-0.1, -0.05) is 0 Å². The molecule has 0 aromatic carbocycles. The molecule has 0 aliphatic carbocycles. The van der Waals surface area contributed by atoms with E-state index in [1.165, 1.54) is 5.56 Å². The van der Waals surface area contributed by atoms with Crippen molar-refractivity contribution in [1.82, 2.24) is 19.5 Å². The van der Waals surface area contributed by atoms with Crippen LogP contribution < -0.4 is 4.90 Å². The van der Waals surface area contributed by atoms with Crippen molar-refractivity contribution in [2.24, 2.45) is 0 Å². The summed E-state index contributed by atoms with van der Waals surface area (Å²) < 4.78 is 2.23. The van der Waals surface area contributed by atoms with Gasteiger partial charge in [-0.05, 0) is 56.0 Å². The lowest BCUT2D eigenvalue weighted by molar-refractivity contribution is 0.473. The summed E-state index contributed by atoms with van der Waals surface area (Å²) in [6.07, 6.45) is 9.73. The zero-order chi connectivity index (χ0) is 19.5. The van der Waals surface area contributed by atoms with E-state index in [0.29, 0.717) is 11.5 Å². The molecule has 28 heavy (non-hydrogen) atoms. The molecule has 1 aliphatic heterocycles. The molecule has 1 saturated heterocycles. The first-order chi connectivity index (χ1) is 13.7. The van der Waals surface area contributed by atoms with Crippen LogP contribution in [0.15, 0.2) is 43.0 Å². The maximum Gasteiger partial charge on any atom is 0.147 e. The van der Waals surface area contributed by atoms with E-state index < -0.39 is 0 Å². The minimum Gasteiger partial charge on any atom is -0.355 e. The van der Waals surface area contributed by atoms with Crippen molar-refractivity contribution in [2.45, 2.75) is 39.2 Å². The molecular weight excluding hydrogens is 348 g/mol. The van der Waals surface area contributed by atoms with Gasteiger partial charge >= 0.3 is 0 Å². The molecule has 6 heteroatoms. The summed E-state index contributed by atoms with van der Waals surface area (Å²) in [4.78, 5) is 15.7. The van der Waals surface area contributed by atoms with E-state index in [1.54, 1.807) is 0 Å². The predicted molar refractivity (Wildman–Crippen MR) is 108 cm³/mol. The van der Waals surface area contributed by atoms with Gasteiger partial charge in [-0.3, -0.25) is 4.98 Å². The summed E-state index contributed by atoms with van der Waals surface area (Å²) in [5.74, 6) is 2.24. The molecule has 1 aliphatic rings. The van der Waals surface area contributed by atoms with Gasteiger partial charge in [0.25, 0.3) is 0 Å². The molecule has 6 nitrogen and oxygen atoms in total. The van der Waals surface area contributed by atoms with Gasteiger partial charge in [0.05, 0.1) is 5.56 Å². The molecule has 3 aromatic rings. The molecule has 0 N–H and O–H groups in total. The standard InChI is InChI=1S/C22H24N6/c1-16-12-17(2)26-22(20(16)13-23)27-10-3-4-19(15-27)21-25-9-11-28(21)14-18-5-7-24-8-6-18/h5-9,11-12,19H,3-4,10,14-15H2,1-2H3/t19-/m1/s1. The first-order valence-corrected chi connectivity index (χ1v) is 9.69. The largest absolute Gasteiger partial charge is 0.355 e. The normalized spacial score (nSPS) is 16.8. The van der Waals surface area contributed by atoms with Gasteiger partial charge < -0.3 is 9.47 Å². The molecule has 1 fully saturated rings. The summed E-state index contributed by atoms with van der Waals surface area (Å²) in [6, 6.07) is 8.40. The van der Waals surface area contributed by atoms with Gasteiger partial charge in [-0.2, -0.15) is 5.26 Å². The minimum absolute atomic E-state index is 0.319. The summed E-state index contributed by atoms with van der Waals surface area (Å²) >= 11 is 0. The van der Waals surface area contributed by atoms with Crippen LogP contribution in [0.3, 0.4) is 0 Å². The van der Waals surface area contributed by atoms with E-state index in [1.807, 2.05) is 56.8 Å². The Kier molecular flexibility index (Phi) is 5.07. The molecule has 4 rings (SSSR count). The number of nitrogens with zero attached hydrogens (tertiary/aromatic N) is 6. The fourth-order valence-electron chi connectivity index (χ4n) is 4.06. The van der Waals surface area contributed by atoms with Crippen LogP contribution in [0.5, 0.6) is 0 Å². The number of imidazole rings is 1. The number of pyridine rings is 2. The molecule has 0 radical (unpaired) electrons. The molecule has 4 heterocycles. The highest BCUT2D eigenvalue weighted by Crippen LogP contribution is 2.31. The van der Waals surface area contributed by atoms with Gasteiger partial charge in [0, 0.05) is 56.0 Å². The first-order valence-electron chi connectivity index (χ1n) is 9.69. The number of aromatic nitrogens is 4. The molecule has 0 amide bonds. The SMILES string of the molecule is Cc1cc(C)c(C#N)c(N2CCC[C@@H](c3nccn3Cc3ccncc3)C2)n1. The Morgan fingerprint density at radius 1 is 1.21 bits per heavy atom. The highest BCUT2D eigenvalue weighted by molar-refractivity contribution is 5.58. The molecule has 142 valence electrons. The highest BCUT2D eigenvalue weighted by Gasteiger charge is 2.27. The fourth-order valence-corrected chi connectivity index (χ4v) is 4.06. The Labute approximate surface area is 165 Å². The number of hydrogen-bond acceptors (Lipinski definition) is 5. The Morgan fingerprint density at radius 2 is 2.04 bits per heavy atom. The van der Waals surface area contributed by atoms with Crippen molar-refractivity contribution < 1.29 is 0 Å². The van der Waals surface area contributed by atoms with Gasteiger partial charge in [0.2, 0.25) is 0 Å². The van der Waals surface area contributed by atoms with Crippen LogP contribution in [0, 0.1) is 25.2 Å². The number of anilines is 1. The predicted octanol–water partition coefficient (Wildman–Crippen LogP) is 3.59. The number of piperidine rings is 1. The van der Waals surface area contributed by atoms with Crippen LogP contribution in [0.25, 0.3) is 0 Å². The van der Waals surface area contributed by atoms with Crippen LogP contribution in [0.4, 0.5) is 5.82 Å². The second kappa shape index (κ2) is 7.81. The van der Waals surface area contributed by atoms with Crippen molar-refractivity contribution >= 4 is 5.82 Å². The Hall–Kier alpha value is -3.20. The molecule has 0 saturated carbocycles. The van der Waals surface area contributed by atoms with Gasteiger partial charge in [-0.25, -0.2) is 9.97 Å². The molecule has 1 atom stereocenters. The second-order valence-electron chi connectivity index (χ2n) is 7.44. The second-order valence-corrected chi connectivity index (χ2v) is 7.44. The van der Waals surface area contributed by atoms with Crippen LogP contribution >= 0.6 is 0 Å². The van der Waals surface area contributed by atoms with Crippen molar-refractivity contribution in [2.75, 3.05) is 18.0 Å². The van der Waals surface area contributed by atoms with Gasteiger partial charge in [0.15, 0.2) is 0 Å². The number of nitriles is 1. The topological polar surface area (TPSA) is 70.6 Å². The zero-order valence-corrected chi connectivity index (χ0v) is 16.3. The van der Waals surface area contributed by atoms with Crippen LogP contribution in [-0.2, 0) is 6.54 Å². The van der Waals surface area contributed by atoms with E-state index in [-0.39, 0.29) is 0 Å².